The molecule has 90 valence electrons. The van der Waals surface area contributed by atoms with Crippen molar-refractivity contribution in [2.75, 3.05) is 0 Å². The molecule has 0 amide bonds. The molecule has 1 unspecified atom stereocenters. The topological polar surface area (TPSA) is 56.2 Å². The van der Waals surface area contributed by atoms with Crippen LogP contribution < -0.4 is 5.73 Å². The molecule has 0 bridgehead atoms. The van der Waals surface area contributed by atoms with Crippen molar-refractivity contribution in [1.29, 1.82) is 0 Å². The van der Waals surface area contributed by atoms with Crippen molar-refractivity contribution in [3.63, 3.8) is 0 Å². The first-order chi connectivity index (χ1) is 8.11. The predicted octanol–water partition coefficient (Wildman–Crippen LogP) is 2.88. The van der Waals surface area contributed by atoms with Crippen molar-refractivity contribution in [1.82, 2.24) is 0 Å². The first-order valence-corrected chi connectivity index (χ1v) is 5.58. The van der Waals surface area contributed by atoms with E-state index < -0.39 is 5.82 Å². The maximum Gasteiger partial charge on any atom is 0.199 e. The third-order valence-corrected chi connectivity index (χ3v) is 2.74. The number of carbonyl (C=O) groups excluding carboxylic acids is 1. The second kappa shape index (κ2) is 4.67. The molecule has 1 aromatic heterocycles. The number of hydrogen-bond donors (Lipinski definition) is 1. The first-order valence-electron chi connectivity index (χ1n) is 5.58. The fraction of sp³-hybridized carbons (Fsp3) is 0.308. The van der Waals surface area contributed by atoms with Crippen molar-refractivity contribution in [2.45, 2.75) is 25.8 Å². The highest BCUT2D eigenvalue weighted by molar-refractivity contribution is 5.97. The van der Waals surface area contributed by atoms with Crippen molar-refractivity contribution < 1.29 is 13.6 Å². The lowest BCUT2D eigenvalue weighted by molar-refractivity contribution is 0.0949. The number of furan rings is 1. The highest BCUT2D eigenvalue weighted by Crippen LogP contribution is 2.23. The van der Waals surface area contributed by atoms with Crippen LogP contribution in [0.15, 0.2) is 28.7 Å². The lowest BCUT2D eigenvalue weighted by Crippen LogP contribution is -2.22. The van der Waals surface area contributed by atoms with Crippen LogP contribution in [0, 0.1) is 5.82 Å². The van der Waals surface area contributed by atoms with Crippen LogP contribution >= 0.6 is 0 Å². The van der Waals surface area contributed by atoms with Gasteiger partial charge < -0.3 is 10.2 Å². The number of fused-ring (bicyclic) bond motifs is 1. The largest absolute Gasteiger partial charge is 0.450 e. The van der Waals surface area contributed by atoms with Gasteiger partial charge in [0.2, 0.25) is 0 Å². The molecule has 1 atom stereocenters. The number of rotatable bonds is 4. The average molecular weight is 235 g/mol. The third kappa shape index (κ3) is 2.36. The Morgan fingerprint density at radius 2 is 2.29 bits per heavy atom. The van der Waals surface area contributed by atoms with Gasteiger partial charge in [-0.2, -0.15) is 0 Å². The van der Waals surface area contributed by atoms with Gasteiger partial charge in [-0.05, 0) is 18.6 Å². The fourth-order valence-electron chi connectivity index (χ4n) is 1.65. The van der Waals surface area contributed by atoms with Crippen LogP contribution in [0.2, 0.25) is 0 Å². The second-order valence-electron chi connectivity index (χ2n) is 4.06. The van der Waals surface area contributed by atoms with E-state index >= 15 is 0 Å². The summed E-state index contributed by atoms with van der Waals surface area (Å²) in [6, 6.07) is 5.97. The van der Waals surface area contributed by atoms with E-state index in [1.54, 1.807) is 18.2 Å². The zero-order valence-corrected chi connectivity index (χ0v) is 9.57. The molecular formula is C13H14FNO2. The van der Waals surface area contributed by atoms with E-state index in [1.165, 1.54) is 6.07 Å². The van der Waals surface area contributed by atoms with Gasteiger partial charge in [-0.15, -0.1) is 0 Å². The van der Waals surface area contributed by atoms with E-state index in [9.17, 15) is 9.18 Å². The average Bonchev–Trinajstić information content (AvgIpc) is 2.74. The molecule has 1 aromatic carbocycles. The molecule has 0 fully saturated rings. The van der Waals surface area contributed by atoms with E-state index in [2.05, 4.69) is 0 Å². The molecule has 4 heteroatoms. The summed E-state index contributed by atoms with van der Waals surface area (Å²) in [5.74, 6) is -0.467. The summed E-state index contributed by atoms with van der Waals surface area (Å²) >= 11 is 0. The highest BCUT2D eigenvalue weighted by Gasteiger charge is 2.16. The molecule has 17 heavy (non-hydrogen) atoms. The van der Waals surface area contributed by atoms with Gasteiger partial charge >= 0.3 is 0 Å². The van der Waals surface area contributed by atoms with Crippen LogP contribution in [-0.2, 0) is 0 Å². The monoisotopic (exact) mass is 235 g/mol. The van der Waals surface area contributed by atoms with Crippen molar-refractivity contribution >= 4 is 16.8 Å². The number of benzene rings is 1. The van der Waals surface area contributed by atoms with Crippen LogP contribution in [-0.4, -0.2) is 11.8 Å². The third-order valence-electron chi connectivity index (χ3n) is 2.74. The van der Waals surface area contributed by atoms with Gasteiger partial charge in [0.1, 0.15) is 0 Å². The molecule has 0 saturated heterocycles. The van der Waals surface area contributed by atoms with Crippen LogP contribution in [0.1, 0.15) is 30.3 Å². The number of carbonyl (C=O) groups is 1. The number of nitrogens with two attached hydrogens (primary N) is 1. The molecule has 0 radical (unpaired) electrons. The zero-order chi connectivity index (χ0) is 12.4. The summed E-state index contributed by atoms with van der Waals surface area (Å²) in [6.07, 6.45) is 0.943. The zero-order valence-electron chi connectivity index (χ0n) is 9.57. The number of ketones is 1. The minimum absolute atomic E-state index is 0.126. The number of hydrogen-bond acceptors (Lipinski definition) is 3. The Morgan fingerprint density at radius 3 is 2.94 bits per heavy atom. The smallest absolute Gasteiger partial charge is 0.199 e. The summed E-state index contributed by atoms with van der Waals surface area (Å²) in [4.78, 5) is 11.8. The van der Waals surface area contributed by atoms with E-state index in [0.717, 1.165) is 6.42 Å². The Kier molecular flexibility index (Phi) is 3.24. The SMILES string of the molecule is CCC(N)CC(=O)c1cc2cccc(F)c2o1. The standard InChI is InChI=1S/C13H14FNO2/c1-2-9(15)7-11(16)12-6-8-4-3-5-10(14)13(8)17-12/h3-6,9H,2,7,15H2,1H3. The van der Waals surface area contributed by atoms with E-state index in [-0.39, 0.29) is 29.6 Å². The van der Waals surface area contributed by atoms with Gasteiger partial charge in [-0.25, -0.2) is 4.39 Å². The number of Topliss-reactive ketones (excluding diaryl/α,β-unsaturated/α-hetero) is 1. The Balaban J connectivity index is 2.30. The summed E-state index contributed by atoms with van der Waals surface area (Å²) in [7, 11) is 0. The maximum atomic E-state index is 13.4. The number of halogens is 1. The van der Waals surface area contributed by atoms with Gasteiger partial charge in [0.05, 0.1) is 0 Å². The minimum atomic E-state index is -0.457. The van der Waals surface area contributed by atoms with Gasteiger partial charge in [0.15, 0.2) is 22.9 Å². The molecule has 1 heterocycles. The van der Waals surface area contributed by atoms with E-state index in [1.807, 2.05) is 6.92 Å². The summed E-state index contributed by atoms with van der Waals surface area (Å²) in [5, 5.41) is 0.596. The summed E-state index contributed by atoms with van der Waals surface area (Å²) in [6.45, 7) is 1.91. The predicted molar refractivity (Wildman–Crippen MR) is 63.4 cm³/mol. The van der Waals surface area contributed by atoms with Gasteiger partial charge in [0, 0.05) is 17.8 Å². The summed E-state index contributed by atoms with van der Waals surface area (Å²) < 4.78 is 18.6. The summed E-state index contributed by atoms with van der Waals surface area (Å²) in [5.41, 5.74) is 5.82. The Morgan fingerprint density at radius 1 is 1.53 bits per heavy atom. The molecule has 3 nitrogen and oxygen atoms in total. The van der Waals surface area contributed by atoms with E-state index in [4.69, 9.17) is 10.2 Å². The molecule has 0 aliphatic carbocycles. The fourth-order valence-corrected chi connectivity index (χ4v) is 1.65. The van der Waals surface area contributed by atoms with Crippen LogP contribution in [0.25, 0.3) is 11.0 Å². The Bertz CT molecular complexity index is 547. The molecule has 0 spiro atoms. The van der Waals surface area contributed by atoms with Crippen molar-refractivity contribution in [3.05, 3.63) is 35.8 Å². The van der Waals surface area contributed by atoms with Gasteiger partial charge in [-0.3, -0.25) is 4.79 Å². The normalized spacial score (nSPS) is 12.9. The lowest BCUT2D eigenvalue weighted by atomic mass is 10.1. The molecule has 2 N–H and O–H groups in total. The number of para-hydroxylation sites is 1. The van der Waals surface area contributed by atoms with Crippen LogP contribution in [0.4, 0.5) is 4.39 Å². The maximum absolute atomic E-state index is 13.4. The molecule has 0 saturated carbocycles. The van der Waals surface area contributed by atoms with Crippen molar-refractivity contribution in [3.8, 4) is 0 Å². The van der Waals surface area contributed by atoms with Gasteiger partial charge in [-0.1, -0.05) is 19.1 Å². The van der Waals surface area contributed by atoms with E-state index in [0.29, 0.717) is 5.39 Å². The lowest BCUT2D eigenvalue weighted by Gasteiger charge is -2.04. The van der Waals surface area contributed by atoms with Crippen molar-refractivity contribution in [2.24, 2.45) is 5.73 Å². The van der Waals surface area contributed by atoms with Crippen LogP contribution in [0.3, 0.4) is 0 Å². The Hall–Kier alpha value is -1.68. The second-order valence-corrected chi connectivity index (χ2v) is 4.06. The van der Waals surface area contributed by atoms with Gasteiger partial charge in [0.25, 0.3) is 0 Å². The first kappa shape index (κ1) is 11.8. The quantitative estimate of drug-likeness (QED) is 0.829. The highest BCUT2D eigenvalue weighted by atomic mass is 19.1. The molecular weight excluding hydrogens is 221 g/mol. The molecule has 2 aromatic rings. The Labute approximate surface area is 98.4 Å². The van der Waals surface area contributed by atoms with Crippen LogP contribution in [0.5, 0.6) is 0 Å². The molecule has 0 aliphatic rings. The molecule has 0 aliphatic heterocycles. The molecule has 2 rings (SSSR count). The minimum Gasteiger partial charge on any atom is -0.450 e.